The Hall–Kier alpha value is -1.88. The number of aliphatic carboxylic acids is 1. The zero-order chi connectivity index (χ0) is 13.8. The van der Waals surface area contributed by atoms with Crippen molar-refractivity contribution in [3.05, 3.63) is 29.8 Å². The quantitative estimate of drug-likeness (QED) is 0.862. The molecular formula is C14H18N2O3. The van der Waals surface area contributed by atoms with E-state index in [1.54, 1.807) is 4.90 Å². The summed E-state index contributed by atoms with van der Waals surface area (Å²) in [5.74, 6) is -1.01. The first-order chi connectivity index (χ1) is 9.08. The van der Waals surface area contributed by atoms with E-state index in [0.717, 1.165) is 17.7 Å². The SMILES string of the molecule is Cc1ccccc1NC(=O)CN1CCCC1C(=O)O. The van der Waals surface area contributed by atoms with Gasteiger partial charge in [-0.3, -0.25) is 14.5 Å². The van der Waals surface area contributed by atoms with E-state index in [0.29, 0.717) is 13.0 Å². The number of anilines is 1. The molecule has 102 valence electrons. The summed E-state index contributed by atoms with van der Waals surface area (Å²) in [6.45, 7) is 2.72. The third-order valence-electron chi connectivity index (χ3n) is 3.41. The van der Waals surface area contributed by atoms with Crippen LogP contribution in [0.2, 0.25) is 0 Å². The van der Waals surface area contributed by atoms with E-state index >= 15 is 0 Å². The molecule has 5 nitrogen and oxygen atoms in total. The van der Waals surface area contributed by atoms with Gasteiger partial charge in [0.15, 0.2) is 0 Å². The van der Waals surface area contributed by atoms with Gasteiger partial charge in [-0.2, -0.15) is 0 Å². The lowest BCUT2D eigenvalue weighted by Crippen LogP contribution is -2.40. The van der Waals surface area contributed by atoms with Crippen LogP contribution >= 0.6 is 0 Å². The first-order valence-electron chi connectivity index (χ1n) is 6.40. The molecule has 1 saturated heterocycles. The third kappa shape index (κ3) is 3.32. The number of aryl methyl sites for hydroxylation is 1. The molecule has 2 N–H and O–H groups in total. The average Bonchev–Trinajstić information content (AvgIpc) is 2.80. The van der Waals surface area contributed by atoms with E-state index in [1.807, 2.05) is 31.2 Å². The lowest BCUT2D eigenvalue weighted by molar-refractivity contribution is -0.142. The summed E-state index contributed by atoms with van der Waals surface area (Å²) in [5.41, 5.74) is 1.77. The average molecular weight is 262 g/mol. The van der Waals surface area contributed by atoms with E-state index in [1.165, 1.54) is 0 Å². The predicted molar refractivity (Wildman–Crippen MR) is 72.0 cm³/mol. The molecule has 1 amide bonds. The molecule has 1 aromatic carbocycles. The van der Waals surface area contributed by atoms with Crippen LogP contribution in [0.4, 0.5) is 5.69 Å². The molecule has 0 saturated carbocycles. The van der Waals surface area contributed by atoms with Crippen LogP contribution in [0.15, 0.2) is 24.3 Å². The number of nitrogens with zero attached hydrogens (tertiary/aromatic N) is 1. The van der Waals surface area contributed by atoms with Gasteiger partial charge in [0.1, 0.15) is 6.04 Å². The van der Waals surface area contributed by atoms with Gasteiger partial charge >= 0.3 is 5.97 Å². The molecule has 1 aliphatic rings. The second-order valence-electron chi connectivity index (χ2n) is 4.83. The highest BCUT2D eigenvalue weighted by atomic mass is 16.4. The summed E-state index contributed by atoms with van der Waals surface area (Å²) in [6, 6.07) is 7.00. The van der Waals surface area contributed by atoms with E-state index < -0.39 is 12.0 Å². The molecule has 19 heavy (non-hydrogen) atoms. The fraction of sp³-hybridized carbons (Fsp3) is 0.429. The molecular weight excluding hydrogens is 244 g/mol. The minimum Gasteiger partial charge on any atom is -0.480 e. The first kappa shape index (κ1) is 13.5. The fourth-order valence-corrected chi connectivity index (χ4v) is 2.38. The monoisotopic (exact) mass is 262 g/mol. The molecule has 1 aliphatic heterocycles. The summed E-state index contributed by atoms with van der Waals surface area (Å²) < 4.78 is 0. The number of hydrogen-bond donors (Lipinski definition) is 2. The number of amides is 1. The molecule has 0 radical (unpaired) electrons. The number of benzene rings is 1. The molecule has 0 spiro atoms. The molecule has 1 aromatic rings. The maximum atomic E-state index is 11.9. The van der Waals surface area contributed by atoms with Crippen LogP contribution in [0.1, 0.15) is 18.4 Å². The maximum Gasteiger partial charge on any atom is 0.320 e. The first-order valence-corrected chi connectivity index (χ1v) is 6.40. The van der Waals surface area contributed by atoms with Crippen molar-refractivity contribution in [1.29, 1.82) is 0 Å². The summed E-state index contributed by atoms with van der Waals surface area (Å²) >= 11 is 0. The molecule has 1 fully saturated rings. The Morgan fingerprint density at radius 1 is 1.42 bits per heavy atom. The largest absolute Gasteiger partial charge is 0.480 e. The summed E-state index contributed by atoms with van der Waals surface area (Å²) in [7, 11) is 0. The van der Waals surface area contributed by atoms with Crippen LogP contribution in [0.5, 0.6) is 0 Å². The molecule has 0 aromatic heterocycles. The topological polar surface area (TPSA) is 69.6 Å². The molecule has 0 bridgehead atoms. The van der Waals surface area contributed by atoms with Crippen LogP contribution < -0.4 is 5.32 Å². The highest BCUT2D eigenvalue weighted by molar-refractivity contribution is 5.93. The smallest absolute Gasteiger partial charge is 0.320 e. The zero-order valence-corrected chi connectivity index (χ0v) is 10.9. The van der Waals surface area contributed by atoms with Crippen LogP contribution in [0.3, 0.4) is 0 Å². The summed E-state index contributed by atoms with van der Waals surface area (Å²) in [4.78, 5) is 24.7. The van der Waals surface area contributed by atoms with Crippen molar-refractivity contribution < 1.29 is 14.7 Å². The number of likely N-dealkylation sites (tertiary alicyclic amines) is 1. The Balaban J connectivity index is 1.95. The van der Waals surface area contributed by atoms with E-state index in [9.17, 15) is 9.59 Å². The van der Waals surface area contributed by atoms with Gasteiger partial charge in [0.2, 0.25) is 5.91 Å². The van der Waals surface area contributed by atoms with Gasteiger partial charge in [0, 0.05) is 5.69 Å². The van der Waals surface area contributed by atoms with Crippen LogP contribution in [-0.4, -0.2) is 41.0 Å². The molecule has 1 unspecified atom stereocenters. The molecule has 5 heteroatoms. The normalized spacial score (nSPS) is 19.3. The van der Waals surface area contributed by atoms with Crippen LogP contribution in [0.25, 0.3) is 0 Å². The maximum absolute atomic E-state index is 11.9. The Morgan fingerprint density at radius 2 is 2.16 bits per heavy atom. The molecule has 0 aliphatic carbocycles. The van der Waals surface area contributed by atoms with Crippen molar-refractivity contribution in [3.63, 3.8) is 0 Å². The van der Waals surface area contributed by atoms with Gasteiger partial charge in [0.05, 0.1) is 6.54 Å². The number of nitrogens with one attached hydrogen (secondary N) is 1. The van der Waals surface area contributed by atoms with Crippen molar-refractivity contribution in [2.24, 2.45) is 0 Å². The standard InChI is InChI=1S/C14H18N2O3/c1-10-5-2-3-6-11(10)15-13(17)9-16-8-4-7-12(16)14(18)19/h2-3,5-6,12H,4,7-9H2,1H3,(H,15,17)(H,18,19). The van der Waals surface area contributed by atoms with Crippen molar-refractivity contribution >= 4 is 17.6 Å². The number of carbonyl (C=O) groups excluding carboxylic acids is 1. The summed E-state index contributed by atoms with van der Waals surface area (Å²) in [5, 5.41) is 11.9. The number of carboxylic acids is 1. The van der Waals surface area contributed by atoms with Gasteiger partial charge in [-0.1, -0.05) is 18.2 Å². The lowest BCUT2D eigenvalue weighted by Gasteiger charge is -2.20. The second kappa shape index (κ2) is 5.84. The Bertz CT molecular complexity index is 487. The van der Waals surface area contributed by atoms with Gasteiger partial charge in [0.25, 0.3) is 0 Å². The number of para-hydroxylation sites is 1. The number of rotatable bonds is 4. The van der Waals surface area contributed by atoms with Gasteiger partial charge in [-0.05, 0) is 37.9 Å². The predicted octanol–water partition coefficient (Wildman–Crippen LogP) is 1.48. The fourth-order valence-electron chi connectivity index (χ4n) is 2.38. The Labute approximate surface area is 112 Å². The van der Waals surface area contributed by atoms with E-state index in [-0.39, 0.29) is 12.5 Å². The minimum absolute atomic E-state index is 0.130. The van der Waals surface area contributed by atoms with E-state index in [4.69, 9.17) is 5.11 Å². The number of carboxylic acid groups (broad SMARTS) is 1. The Morgan fingerprint density at radius 3 is 2.84 bits per heavy atom. The molecule has 1 atom stereocenters. The highest BCUT2D eigenvalue weighted by Crippen LogP contribution is 2.18. The van der Waals surface area contributed by atoms with Crippen LogP contribution in [-0.2, 0) is 9.59 Å². The molecule has 1 heterocycles. The van der Waals surface area contributed by atoms with Gasteiger partial charge < -0.3 is 10.4 Å². The Kier molecular flexibility index (Phi) is 4.16. The van der Waals surface area contributed by atoms with Crippen LogP contribution in [0, 0.1) is 6.92 Å². The lowest BCUT2D eigenvalue weighted by atomic mass is 10.2. The van der Waals surface area contributed by atoms with Crippen molar-refractivity contribution in [2.45, 2.75) is 25.8 Å². The second-order valence-corrected chi connectivity index (χ2v) is 4.83. The third-order valence-corrected chi connectivity index (χ3v) is 3.41. The van der Waals surface area contributed by atoms with Crippen molar-refractivity contribution in [1.82, 2.24) is 4.90 Å². The number of carbonyl (C=O) groups is 2. The van der Waals surface area contributed by atoms with Crippen molar-refractivity contribution in [2.75, 3.05) is 18.4 Å². The van der Waals surface area contributed by atoms with Crippen molar-refractivity contribution in [3.8, 4) is 0 Å². The van der Waals surface area contributed by atoms with E-state index in [2.05, 4.69) is 5.32 Å². The zero-order valence-electron chi connectivity index (χ0n) is 10.9. The highest BCUT2D eigenvalue weighted by Gasteiger charge is 2.31. The summed E-state index contributed by atoms with van der Waals surface area (Å²) in [6.07, 6.45) is 1.45. The minimum atomic E-state index is -0.846. The number of hydrogen-bond acceptors (Lipinski definition) is 3. The van der Waals surface area contributed by atoms with Gasteiger partial charge in [-0.25, -0.2) is 0 Å². The van der Waals surface area contributed by atoms with Gasteiger partial charge in [-0.15, -0.1) is 0 Å². The molecule has 2 rings (SSSR count).